The second-order valence-corrected chi connectivity index (χ2v) is 5.57. The molecule has 0 saturated carbocycles. The molecule has 0 spiro atoms. The lowest BCUT2D eigenvalue weighted by Crippen LogP contribution is -2.24. The maximum Gasteiger partial charge on any atom is 0.130 e. The minimum absolute atomic E-state index is 0.147. The molecule has 0 aromatic heterocycles. The minimum Gasteiger partial charge on any atom is -0.485 e. The van der Waals surface area contributed by atoms with Crippen LogP contribution in [0.3, 0.4) is 0 Å². The normalized spacial score (nSPS) is 21.6. The van der Waals surface area contributed by atoms with Gasteiger partial charge in [-0.1, -0.05) is 34.1 Å². The topological polar surface area (TPSA) is 35.2 Å². The zero-order valence-corrected chi connectivity index (χ0v) is 11.7. The predicted molar refractivity (Wildman–Crippen MR) is 75.5 cm³/mol. The van der Waals surface area contributed by atoms with E-state index in [1.54, 1.807) is 12.1 Å². The first-order chi connectivity index (χ1) is 9.15. The van der Waals surface area contributed by atoms with Crippen LogP contribution >= 0.6 is 15.9 Å². The van der Waals surface area contributed by atoms with Crippen LogP contribution in [0.4, 0.5) is 4.39 Å². The summed E-state index contributed by atoms with van der Waals surface area (Å²) in [4.78, 5) is 0. The number of nitrogens with two attached hydrogens (primary N) is 1. The zero-order valence-electron chi connectivity index (χ0n) is 10.1. The molecule has 4 heteroatoms. The quantitative estimate of drug-likeness (QED) is 0.857. The standard InChI is InChI=1S/C15H13BrFNO/c16-9-5-6-14-11(7-9)13(18)8-15(19-14)10-3-1-2-4-12(10)17/h1-7,13,15H,8,18H2. The third-order valence-corrected chi connectivity index (χ3v) is 3.85. The summed E-state index contributed by atoms with van der Waals surface area (Å²) >= 11 is 3.42. The summed E-state index contributed by atoms with van der Waals surface area (Å²) in [6.07, 6.45) is 0.245. The van der Waals surface area contributed by atoms with Gasteiger partial charge in [0.05, 0.1) is 0 Å². The molecule has 2 aromatic carbocycles. The zero-order chi connectivity index (χ0) is 13.4. The van der Waals surface area contributed by atoms with E-state index in [1.165, 1.54) is 6.07 Å². The molecule has 0 bridgehead atoms. The Bertz CT molecular complexity index is 617. The first-order valence-corrected chi connectivity index (χ1v) is 6.90. The summed E-state index contributed by atoms with van der Waals surface area (Å²) in [7, 11) is 0. The first-order valence-electron chi connectivity index (χ1n) is 6.11. The third kappa shape index (κ3) is 2.38. The fourth-order valence-electron chi connectivity index (χ4n) is 2.40. The molecule has 2 aromatic rings. The van der Waals surface area contributed by atoms with E-state index in [0.29, 0.717) is 12.0 Å². The monoisotopic (exact) mass is 321 g/mol. The summed E-state index contributed by atoms with van der Waals surface area (Å²) in [5.74, 6) is 0.482. The molecule has 2 N–H and O–H groups in total. The van der Waals surface area contributed by atoms with Crippen LogP contribution in [0.15, 0.2) is 46.9 Å². The van der Waals surface area contributed by atoms with Crippen molar-refractivity contribution in [1.82, 2.24) is 0 Å². The van der Waals surface area contributed by atoms with Crippen molar-refractivity contribution in [2.24, 2.45) is 5.73 Å². The Morgan fingerprint density at radius 2 is 1.95 bits per heavy atom. The highest BCUT2D eigenvalue weighted by Gasteiger charge is 2.28. The predicted octanol–water partition coefficient (Wildman–Crippen LogP) is 4.11. The highest BCUT2D eigenvalue weighted by molar-refractivity contribution is 9.10. The highest BCUT2D eigenvalue weighted by Crippen LogP contribution is 2.41. The van der Waals surface area contributed by atoms with E-state index in [1.807, 2.05) is 24.3 Å². The van der Waals surface area contributed by atoms with Gasteiger partial charge in [-0.15, -0.1) is 0 Å². The van der Waals surface area contributed by atoms with Gasteiger partial charge in [-0.2, -0.15) is 0 Å². The van der Waals surface area contributed by atoms with Gasteiger partial charge >= 0.3 is 0 Å². The molecule has 2 nitrogen and oxygen atoms in total. The number of benzene rings is 2. The highest BCUT2D eigenvalue weighted by atomic mass is 79.9. The molecule has 19 heavy (non-hydrogen) atoms. The number of hydrogen-bond acceptors (Lipinski definition) is 2. The fraction of sp³-hybridized carbons (Fsp3) is 0.200. The number of fused-ring (bicyclic) bond motifs is 1. The largest absolute Gasteiger partial charge is 0.485 e. The lowest BCUT2D eigenvalue weighted by molar-refractivity contribution is 0.157. The lowest BCUT2D eigenvalue weighted by atomic mass is 9.93. The van der Waals surface area contributed by atoms with Gasteiger partial charge in [-0.3, -0.25) is 0 Å². The lowest BCUT2D eigenvalue weighted by Gasteiger charge is -2.30. The molecule has 0 amide bonds. The second-order valence-electron chi connectivity index (χ2n) is 4.65. The van der Waals surface area contributed by atoms with Crippen LogP contribution in [0, 0.1) is 5.82 Å². The maximum absolute atomic E-state index is 13.8. The Hall–Kier alpha value is -1.39. The Morgan fingerprint density at radius 3 is 2.74 bits per heavy atom. The molecule has 0 saturated heterocycles. The summed E-state index contributed by atoms with van der Waals surface area (Å²) < 4.78 is 20.7. The number of hydrogen-bond donors (Lipinski definition) is 1. The molecule has 1 aliphatic rings. The molecule has 98 valence electrons. The molecule has 2 atom stereocenters. The van der Waals surface area contributed by atoms with Crippen LogP contribution in [0.2, 0.25) is 0 Å². The van der Waals surface area contributed by atoms with Crippen molar-refractivity contribution in [3.63, 3.8) is 0 Å². The van der Waals surface area contributed by atoms with Crippen molar-refractivity contribution >= 4 is 15.9 Å². The van der Waals surface area contributed by atoms with Crippen LogP contribution in [0.5, 0.6) is 5.75 Å². The average molecular weight is 322 g/mol. The van der Waals surface area contributed by atoms with Crippen molar-refractivity contribution < 1.29 is 9.13 Å². The van der Waals surface area contributed by atoms with Gasteiger partial charge in [-0.05, 0) is 24.3 Å². The Kier molecular flexibility index (Phi) is 3.29. The summed E-state index contributed by atoms with van der Waals surface area (Å²) in [5, 5.41) is 0. The Morgan fingerprint density at radius 1 is 1.16 bits per heavy atom. The molecule has 0 radical (unpaired) electrons. The summed E-state index contributed by atoms with van der Waals surface area (Å²) in [6, 6.07) is 12.2. The Labute approximate surface area is 119 Å². The molecule has 0 aliphatic carbocycles. The van der Waals surface area contributed by atoms with E-state index in [4.69, 9.17) is 10.5 Å². The third-order valence-electron chi connectivity index (χ3n) is 3.36. The second kappa shape index (κ2) is 4.94. The summed E-state index contributed by atoms with van der Waals surface area (Å²) in [5.41, 5.74) is 7.69. The molecular formula is C15H13BrFNO. The SMILES string of the molecule is NC1CC(c2ccccc2F)Oc2ccc(Br)cc21. The van der Waals surface area contributed by atoms with Gasteiger partial charge in [0.25, 0.3) is 0 Å². The van der Waals surface area contributed by atoms with Gasteiger partial charge in [-0.25, -0.2) is 4.39 Å². The first kappa shape index (κ1) is 12.6. The molecule has 0 fully saturated rings. The van der Waals surface area contributed by atoms with Gasteiger partial charge in [0.2, 0.25) is 0 Å². The average Bonchev–Trinajstić information content (AvgIpc) is 2.40. The van der Waals surface area contributed by atoms with Crippen molar-refractivity contribution in [2.75, 3.05) is 0 Å². The molecule has 1 heterocycles. The van der Waals surface area contributed by atoms with Gasteiger partial charge in [0.1, 0.15) is 17.7 Å². The van der Waals surface area contributed by atoms with E-state index in [-0.39, 0.29) is 18.0 Å². The van der Waals surface area contributed by atoms with Crippen molar-refractivity contribution in [3.8, 4) is 5.75 Å². The molecule has 3 rings (SSSR count). The fourth-order valence-corrected chi connectivity index (χ4v) is 2.78. The van der Waals surface area contributed by atoms with Crippen LogP contribution in [0.1, 0.15) is 29.7 Å². The van der Waals surface area contributed by atoms with E-state index in [2.05, 4.69) is 15.9 Å². The van der Waals surface area contributed by atoms with Gasteiger partial charge in [0, 0.05) is 28.1 Å². The van der Waals surface area contributed by atoms with E-state index >= 15 is 0 Å². The molecule has 1 aliphatic heterocycles. The molecular weight excluding hydrogens is 309 g/mol. The van der Waals surface area contributed by atoms with E-state index in [9.17, 15) is 4.39 Å². The molecule has 2 unspecified atom stereocenters. The number of ether oxygens (including phenoxy) is 1. The number of halogens is 2. The van der Waals surface area contributed by atoms with Crippen molar-refractivity contribution in [3.05, 3.63) is 63.9 Å². The van der Waals surface area contributed by atoms with Gasteiger partial charge < -0.3 is 10.5 Å². The van der Waals surface area contributed by atoms with Crippen LogP contribution in [-0.4, -0.2) is 0 Å². The van der Waals surface area contributed by atoms with E-state index in [0.717, 1.165) is 15.8 Å². The van der Waals surface area contributed by atoms with Crippen LogP contribution in [-0.2, 0) is 0 Å². The smallest absolute Gasteiger partial charge is 0.130 e. The minimum atomic E-state index is -0.329. The van der Waals surface area contributed by atoms with Crippen molar-refractivity contribution in [1.29, 1.82) is 0 Å². The van der Waals surface area contributed by atoms with E-state index < -0.39 is 0 Å². The summed E-state index contributed by atoms with van der Waals surface area (Å²) in [6.45, 7) is 0. The van der Waals surface area contributed by atoms with Crippen molar-refractivity contribution in [2.45, 2.75) is 18.6 Å². The number of rotatable bonds is 1. The van der Waals surface area contributed by atoms with Gasteiger partial charge in [0.15, 0.2) is 0 Å². The van der Waals surface area contributed by atoms with Crippen LogP contribution in [0.25, 0.3) is 0 Å². The maximum atomic E-state index is 13.8. The Balaban J connectivity index is 1.97. The van der Waals surface area contributed by atoms with Crippen LogP contribution < -0.4 is 10.5 Å².